The van der Waals surface area contributed by atoms with Crippen molar-refractivity contribution in [2.24, 2.45) is 0 Å². The highest BCUT2D eigenvalue weighted by Crippen LogP contribution is 2.18. The fourth-order valence-electron chi connectivity index (χ4n) is 2.21. The highest BCUT2D eigenvalue weighted by molar-refractivity contribution is 5.79. The minimum atomic E-state index is 0.644. The van der Waals surface area contributed by atoms with Crippen molar-refractivity contribution in [2.75, 3.05) is 13.2 Å². The molecule has 0 saturated heterocycles. The standard InChI is InChI=1S/C18H18N2O/c1-2-5-15(6-3-1)14-19-11-12-21-17-9-8-16-7-4-10-20-18(16)13-17/h1-10,13,19H,11-12,14H2. The van der Waals surface area contributed by atoms with Gasteiger partial charge in [0.1, 0.15) is 12.4 Å². The molecule has 0 bridgehead atoms. The van der Waals surface area contributed by atoms with E-state index in [9.17, 15) is 0 Å². The molecule has 0 radical (unpaired) electrons. The van der Waals surface area contributed by atoms with Crippen LogP contribution in [0.2, 0.25) is 0 Å². The Labute approximate surface area is 124 Å². The van der Waals surface area contributed by atoms with Gasteiger partial charge in [-0.2, -0.15) is 0 Å². The largest absolute Gasteiger partial charge is 0.492 e. The summed E-state index contributed by atoms with van der Waals surface area (Å²) in [5.41, 5.74) is 2.25. The zero-order chi connectivity index (χ0) is 14.3. The molecule has 3 rings (SSSR count). The fraction of sp³-hybridized carbons (Fsp3) is 0.167. The van der Waals surface area contributed by atoms with E-state index in [0.717, 1.165) is 29.7 Å². The lowest BCUT2D eigenvalue weighted by molar-refractivity contribution is 0.314. The van der Waals surface area contributed by atoms with Crippen LogP contribution in [0, 0.1) is 0 Å². The Morgan fingerprint density at radius 2 is 1.86 bits per heavy atom. The van der Waals surface area contributed by atoms with Gasteiger partial charge in [0, 0.05) is 30.7 Å². The maximum atomic E-state index is 5.75. The van der Waals surface area contributed by atoms with Crippen LogP contribution < -0.4 is 10.1 Å². The molecule has 0 fully saturated rings. The summed E-state index contributed by atoms with van der Waals surface area (Å²) in [4.78, 5) is 4.33. The number of aromatic nitrogens is 1. The third-order valence-electron chi connectivity index (χ3n) is 3.30. The van der Waals surface area contributed by atoms with Crippen LogP contribution in [0.3, 0.4) is 0 Å². The number of fused-ring (bicyclic) bond motifs is 1. The van der Waals surface area contributed by atoms with Crippen molar-refractivity contribution in [1.82, 2.24) is 10.3 Å². The van der Waals surface area contributed by atoms with Crippen LogP contribution in [-0.4, -0.2) is 18.1 Å². The second kappa shape index (κ2) is 6.86. The van der Waals surface area contributed by atoms with Crippen LogP contribution in [0.4, 0.5) is 0 Å². The molecule has 3 aromatic rings. The Morgan fingerprint density at radius 1 is 0.952 bits per heavy atom. The normalized spacial score (nSPS) is 10.7. The molecular formula is C18H18N2O. The lowest BCUT2D eigenvalue weighted by Gasteiger charge is -2.08. The number of nitrogens with zero attached hydrogens (tertiary/aromatic N) is 1. The summed E-state index contributed by atoms with van der Waals surface area (Å²) in [6, 6.07) is 20.4. The zero-order valence-electron chi connectivity index (χ0n) is 11.8. The molecule has 0 aliphatic rings. The second-order valence-electron chi connectivity index (χ2n) is 4.87. The first-order valence-electron chi connectivity index (χ1n) is 7.14. The predicted octanol–water partition coefficient (Wildman–Crippen LogP) is 3.40. The number of nitrogens with one attached hydrogen (secondary N) is 1. The Hall–Kier alpha value is -2.39. The van der Waals surface area contributed by atoms with Crippen LogP contribution in [-0.2, 0) is 6.54 Å². The summed E-state index contributed by atoms with van der Waals surface area (Å²) >= 11 is 0. The average Bonchev–Trinajstić information content (AvgIpc) is 2.55. The third kappa shape index (κ3) is 3.80. The van der Waals surface area contributed by atoms with E-state index in [-0.39, 0.29) is 0 Å². The summed E-state index contributed by atoms with van der Waals surface area (Å²) < 4.78 is 5.75. The molecule has 0 amide bonds. The van der Waals surface area contributed by atoms with Gasteiger partial charge in [0.2, 0.25) is 0 Å². The SMILES string of the molecule is c1ccc(CNCCOc2ccc3cccnc3c2)cc1. The highest BCUT2D eigenvalue weighted by Gasteiger charge is 1.98. The molecule has 0 spiro atoms. The highest BCUT2D eigenvalue weighted by atomic mass is 16.5. The molecule has 3 nitrogen and oxygen atoms in total. The minimum absolute atomic E-state index is 0.644. The monoisotopic (exact) mass is 278 g/mol. The van der Waals surface area contributed by atoms with Crippen LogP contribution in [0.25, 0.3) is 10.9 Å². The van der Waals surface area contributed by atoms with Gasteiger partial charge in [0.25, 0.3) is 0 Å². The zero-order valence-corrected chi connectivity index (χ0v) is 11.8. The first-order chi connectivity index (χ1) is 10.4. The molecule has 1 N–H and O–H groups in total. The van der Waals surface area contributed by atoms with Gasteiger partial charge < -0.3 is 10.1 Å². The number of ether oxygens (including phenoxy) is 1. The first kappa shape index (κ1) is 13.6. The second-order valence-corrected chi connectivity index (χ2v) is 4.87. The van der Waals surface area contributed by atoms with E-state index in [2.05, 4.69) is 34.6 Å². The molecule has 1 heterocycles. The Kier molecular flexibility index (Phi) is 4.44. The Morgan fingerprint density at radius 3 is 2.76 bits per heavy atom. The van der Waals surface area contributed by atoms with Gasteiger partial charge >= 0.3 is 0 Å². The number of hydrogen-bond acceptors (Lipinski definition) is 3. The number of hydrogen-bond donors (Lipinski definition) is 1. The quantitative estimate of drug-likeness (QED) is 0.702. The molecule has 21 heavy (non-hydrogen) atoms. The molecule has 106 valence electrons. The molecule has 0 saturated carbocycles. The van der Waals surface area contributed by atoms with Gasteiger partial charge in [-0.3, -0.25) is 4.98 Å². The Balaban J connectivity index is 1.46. The van der Waals surface area contributed by atoms with Crippen molar-refractivity contribution in [2.45, 2.75) is 6.54 Å². The molecule has 0 aliphatic heterocycles. The minimum Gasteiger partial charge on any atom is -0.492 e. The lowest BCUT2D eigenvalue weighted by Crippen LogP contribution is -2.20. The van der Waals surface area contributed by atoms with Crippen molar-refractivity contribution in [1.29, 1.82) is 0 Å². The van der Waals surface area contributed by atoms with Crippen molar-refractivity contribution < 1.29 is 4.74 Å². The van der Waals surface area contributed by atoms with E-state index in [4.69, 9.17) is 4.74 Å². The van der Waals surface area contributed by atoms with Crippen LogP contribution in [0.15, 0.2) is 66.9 Å². The third-order valence-corrected chi connectivity index (χ3v) is 3.30. The maximum absolute atomic E-state index is 5.75. The summed E-state index contributed by atoms with van der Waals surface area (Å²) in [7, 11) is 0. The van der Waals surface area contributed by atoms with Crippen LogP contribution in [0.5, 0.6) is 5.75 Å². The molecule has 2 aromatic carbocycles. The van der Waals surface area contributed by atoms with E-state index >= 15 is 0 Å². The maximum Gasteiger partial charge on any atom is 0.121 e. The van der Waals surface area contributed by atoms with Gasteiger partial charge in [-0.1, -0.05) is 36.4 Å². The van der Waals surface area contributed by atoms with E-state index in [1.54, 1.807) is 6.20 Å². The summed E-state index contributed by atoms with van der Waals surface area (Å²) in [6.07, 6.45) is 1.80. The fourth-order valence-corrected chi connectivity index (χ4v) is 2.21. The molecule has 0 aliphatic carbocycles. The van der Waals surface area contributed by atoms with Crippen molar-refractivity contribution in [3.8, 4) is 5.75 Å². The Bertz CT molecular complexity index is 698. The predicted molar refractivity (Wildman–Crippen MR) is 85.4 cm³/mol. The van der Waals surface area contributed by atoms with Gasteiger partial charge in [-0.25, -0.2) is 0 Å². The van der Waals surface area contributed by atoms with Gasteiger partial charge in [0.05, 0.1) is 5.52 Å². The lowest BCUT2D eigenvalue weighted by atomic mass is 10.2. The molecular weight excluding hydrogens is 260 g/mol. The average molecular weight is 278 g/mol. The number of pyridine rings is 1. The van der Waals surface area contributed by atoms with E-state index in [1.165, 1.54) is 5.56 Å². The van der Waals surface area contributed by atoms with Crippen LogP contribution in [0.1, 0.15) is 5.56 Å². The van der Waals surface area contributed by atoms with Crippen LogP contribution >= 0.6 is 0 Å². The first-order valence-corrected chi connectivity index (χ1v) is 7.14. The molecule has 0 atom stereocenters. The van der Waals surface area contributed by atoms with Gasteiger partial charge in [-0.15, -0.1) is 0 Å². The van der Waals surface area contributed by atoms with Crippen molar-refractivity contribution in [3.05, 3.63) is 72.4 Å². The smallest absolute Gasteiger partial charge is 0.121 e. The topological polar surface area (TPSA) is 34.1 Å². The van der Waals surface area contributed by atoms with Gasteiger partial charge in [0.15, 0.2) is 0 Å². The van der Waals surface area contributed by atoms with E-state index < -0.39 is 0 Å². The summed E-state index contributed by atoms with van der Waals surface area (Å²) in [5.74, 6) is 0.864. The molecule has 0 unspecified atom stereocenters. The van der Waals surface area contributed by atoms with E-state index in [1.807, 2.05) is 36.4 Å². The van der Waals surface area contributed by atoms with Gasteiger partial charge in [-0.05, 0) is 23.8 Å². The molecule has 3 heteroatoms. The van der Waals surface area contributed by atoms with Crippen molar-refractivity contribution >= 4 is 10.9 Å². The molecule has 1 aromatic heterocycles. The number of rotatable bonds is 6. The summed E-state index contributed by atoms with van der Waals surface area (Å²) in [5, 5.41) is 4.50. The van der Waals surface area contributed by atoms with E-state index in [0.29, 0.717) is 6.61 Å². The van der Waals surface area contributed by atoms with Crippen molar-refractivity contribution in [3.63, 3.8) is 0 Å². The summed E-state index contributed by atoms with van der Waals surface area (Å²) in [6.45, 7) is 2.32. The number of benzene rings is 2.